The predicted octanol–water partition coefficient (Wildman–Crippen LogP) is 2.97. The van der Waals surface area contributed by atoms with E-state index in [9.17, 15) is 9.18 Å². The first-order valence-electron chi connectivity index (χ1n) is 6.50. The zero-order chi connectivity index (χ0) is 13.8. The Morgan fingerprint density at radius 3 is 2.95 bits per heavy atom. The molecule has 1 heterocycles. The molecule has 0 saturated carbocycles. The van der Waals surface area contributed by atoms with E-state index in [1.54, 1.807) is 4.90 Å². The number of carbonyl (C=O) groups excluding carboxylic acids is 1. The van der Waals surface area contributed by atoms with Crippen molar-refractivity contribution in [1.29, 1.82) is 0 Å². The summed E-state index contributed by atoms with van der Waals surface area (Å²) in [6, 6.07) is 4.19. The Labute approximate surface area is 120 Å². The molecule has 0 aliphatic carbocycles. The molecule has 1 N–H and O–H groups in total. The minimum Gasteiger partial charge on any atom is -0.396 e. The van der Waals surface area contributed by atoms with E-state index in [0.717, 1.165) is 19.3 Å². The second-order valence-electron chi connectivity index (χ2n) is 4.78. The average Bonchev–Trinajstić information content (AvgIpc) is 2.39. The highest BCUT2D eigenvalue weighted by Crippen LogP contribution is 2.25. The van der Waals surface area contributed by atoms with Crippen LogP contribution in [-0.2, 0) is 0 Å². The van der Waals surface area contributed by atoms with Crippen molar-refractivity contribution in [1.82, 2.24) is 4.90 Å². The second kappa shape index (κ2) is 6.48. The molecule has 104 valence electrons. The number of halogens is 2. The summed E-state index contributed by atoms with van der Waals surface area (Å²) in [5.41, 5.74) is 0.478. The lowest BCUT2D eigenvalue weighted by Gasteiger charge is -2.35. The molecule has 1 fully saturated rings. The maximum atomic E-state index is 13.1. The van der Waals surface area contributed by atoms with Gasteiger partial charge in [0.25, 0.3) is 5.91 Å². The summed E-state index contributed by atoms with van der Waals surface area (Å²) in [4.78, 5) is 14.3. The molecule has 0 radical (unpaired) electrons. The van der Waals surface area contributed by atoms with Gasteiger partial charge >= 0.3 is 0 Å². The molecule has 1 unspecified atom stereocenters. The normalized spacial score (nSPS) is 19.5. The summed E-state index contributed by atoms with van der Waals surface area (Å²) in [5.74, 6) is -0.459. The van der Waals surface area contributed by atoms with Gasteiger partial charge < -0.3 is 10.0 Å². The van der Waals surface area contributed by atoms with E-state index < -0.39 is 0 Å². The van der Waals surface area contributed by atoms with Crippen molar-refractivity contribution in [2.24, 2.45) is 0 Å². The summed E-state index contributed by atoms with van der Waals surface area (Å²) < 4.78 is 13.5. The van der Waals surface area contributed by atoms with Crippen LogP contribution in [0.25, 0.3) is 0 Å². The Balaban J connectivity index is 2.21. The number of carbonyl (C=O) groups is 1. The van der Waals surface area contributed by atoms with E-state index in [0.29, 0.717) is 23.0 Å². The maximum absolute atomic E-state index is 13.1. The number of aliphatic hydroxyl groups excluding tert-OH is 1. The highest BCUT2D eigenvalue weighted by atomic mass is 79.9. The van der Waals surface area contributed by atoms with Crippen LogP contribution in [0.3, 0.4) is 0 Å². The third-order valence-corrected chi connectivity index (χ3v) is 4.17. The number of hydrogen-bond acceptors (Lipinski definition) is 2. The first-order chi connectivity index (χ1) is 9.13. The third kappa shape index (κ3) is 3.34. The quantitative estimate of drug-likeness (QED) is 0.926. The van der Waals surface area contributed by atoms with E-state index >= 15 is 0 Å². The van der Waals surface area contributed by atoms with Gasteiger partial charge in [-0.2, -0.15) is 0 Å². The number of benzene rings is 1. The molecular weight excluding hydrogens is 313 g/mol. The molecule has 2 rings (SSSR count). The van der Waals surface area contributed by atoms with E-state index in [1.165, 1.54) is 18.2 Å². The van der Waals surface area contributed by atoms with Gasteiger partial charge in [-0.1, -0.05) is 0 Å². The molecule has 1 aromatic carbocycles. The molecule has 19 heavy (non-hydrogen) atoms. The van der Waals surface area contributed by atoms with E-state index in [2.05, 4.69) is 15.9 Å². The van der Waals surface area contributed by atoms with Crippen LogP contribution in [0.2, 0.25) is 0 Å². The van der Waals surface area contributed by atoms with Crippen molar-refractivity contribution >= 4 is 21.8 Å². The van der Waals surface area contributed by atoms with E-state index in [4.69, 9.17) is 5.11 Å². The molecule has 1 aliphatic heterocycles. The topological polar surface area (TPSA) is 40.5 Å². The Bertz CT molecular complexity index is 465. The Morgan fingerprint density at radius 2 is 2.26 bits per heavy atom. The van der Waals surface area contributed by atoms with Gasteiger partial charge in [0, 0.05) is 23.7 Å². The lowest BCUT2D eigenvalue weighted by molar-refractivity contribution is 0.0573. The molecule has 1 aromatic rings. The van der Waals surface area contributed by atoms with Gasteiger partial charge in [0.15, 0.2) is 0 Å². The number of hydrogen-bond donors (Lipinski definition) is 1. The summed E-state index contributed by atoms with van der Waals surface area (Å²) >= 11 is 3.24. The van der Waals surface area contributed by atoms with Crippen LogP contribution in [0.4, 0.5) is 4.39 Å². The number of likely N-dealkylation sites (tertiary alicyclic amines) is 1. The molecule has 1 atom stereocenters. The van der Waals surface area contributed by atoms with Gasteiger partial charge in [-0.25, -0.2) is 4.39 Å². The average molecular weight is 330 g/mol. The van der Waals surface area contributed by atoms with Crippen molar-refractivity contribution in [3.05, 3.63) is 34.1 Å². The van der Waals surface area contributed by atoms with Crippen LogP contribution in [0.1, 0.15) is 36.0 Å². The predicted molar refractivity (Wildman–Crippen MR) is 74.5 cm³/mol. The van der Waals surface area contributed by atoms with Gasteiger partial charge in [0.2, 0.25) is 0 Å². The van der Waals surface area contributed by atoms with Crippen LogP contribution in [0.15, 0.2) is 22.7 Å². The number of rotatable bonds is 3. The molecule has 5 heteroatoms. The zero-order valence-electron chi connectivity index (χ0n) is 10.6. The van der Waals surface area contributed by atoms with E-state index in [1.807, 2.05) is 0 Å². The number of nitrogens with zero attached hydrogens (tertiary/aromatic N) is 1. The molecule has 3 nitrogen and oxygen atoms in total. The van der Waals surface area contributed by atoms with Crippen molar-refractivity contribution in [2.45, 2.75) is 31.7 Å². The fraction of sp³-hybridized carbons (Fsp3) is 0.500. The minimum absolute atomic E-state index is 0.0824. The van der Waals surface area contributed by atoms with Crippen LogP contribution >= 0.6 is 15.9 Å². The van der Waals surface area contributed by atoms with Gasteiger partial charge in [0.1, 0.15) is 5.82 Å². The number of aliphatic hydroxyl groups is 1. The summed E-state index contributed by atoms with van der Waals surface area (Å²) in [7, 11) is 0. The number of amides is 1. The Morgan fingerprint density at radius 1 is 1.47 bits per heavy atom. The fourth-order valence-corrected chi connectivity index (χ4v) is 3.06. The summed E-state index contributed by atoms with van der Waals surface area (Å²) in [6.07, 6.45) is 3.58. The van der Waals surface area contributed by atoms with Crippen LogP contribution in [0, 0.1) is 5.82 Å². The van der Waals surface area contributed by atoms with Crippen LogP contribution in [-0.4, -0.2) is 35.1 Å². The molecule has 1 amide bonds. The van der Waals surface area contributed by atoms with Crippen molar-refractivity contribution < 1.29 is 14.3 Å². The first kappa shape index (κ1) is 14.5. The standard InChI is InChI=1S/C14H17BrFNO2/c15-13-9-10(16)4-5-12(13)14(19)17-7-2-1-3-11(17)6-8-18/h4-5,9,11,18H,1-3,6-8H2. The Kier molecular flexibility index (Phi) is 4.93. The van der Waals surface area contributed by atoms with Gasteiger partial charge in [-0.05, 0) is 59.8 Å². The molecule has 0 spiro atoms. The third-order valence-electron chi connectivity index (χ3n) is 3.51. The molecule has 1 saturated heterocycles. The SMILES string of the molecule is O=C(c1ccc(F)cc1Br)N1CCCCC1CCO. The second-order valence-corrected chi connectivity index (χ2v) is 5.64. The lowest BCUT2D eigenvalue weighted by Crippen LogP contribution is -2.44. The molecular formula is C14H17BrFNO2. The molecule has 1 aliphatic rings. The minimum atomic E-state index is -0.367. The summed E-state index contributed by atoms with van der Waals surface area (Å²) in [6.45, 7) is 0.784. The smallest absolute Gasteiger partial charge is 0.255 e. The fourth-order valence-electron chi connectivity index (χ4n) is 2.53. The van der Waals surface area contributed by atoms with Gasteiger partial charge in [-0.3, -0.25) is 4.79 Å². The van der Waals surface area contributed by atoms with Gasteiger partial charge in [0.05, 0.1) is 5.56 Å². The Hall–Kier alpha value is -0.940. The monoisotopic (exact) mass is 329 g/mol. The molecule has 0 bridgehead atoms. The van der Waals surface area contributed by atoms with Crippen molar-refractivity contribution in [3.63, 3.8) is 0 Å². The first-order valence-corrected chi connectivity index (χ1v) is 7.29. The van der Waals surface area contributed by atoms with Crippen molar-refractivity contribution in [3.8, 4) is 0 Å². The highest BCUT2D eigenvalue weighted by Gasteiger charge is 2.28. The summed E-state index contributed by atoms with van der Waals surface area (Å²) in [5, 5.41) is 9.08. The number of piperidine rings is 1. The largest absolute Gasteiger partial charge is 0.396 e. The molecule has 0 aromatic heterocycles. The van der Waals surface area contributed by atoms with Gasteiger partial charge in [-0.15, -0.1) is 0 Å². The zero-order valence-corrected chi connectivity index (χ0v) is 12.2. The maximum Gasteiger partial charge on any atom is 0.255 e. The highest BCUT2D eigenvalue weighted by molar-refractivity contribution is 9.10. The van der Waals surface area contributed by atoms with Crippen molar-refractivity contribution in [2.75, 3.05) is 13.2 Å². The van der Waals surface area contributed by atoms with E-state index in [-0.39, 0.29) is 24.4 Å². The van der Waals surface area contributed by atoms with Crippen LogP contribution in [0.5, 0.6) is 0 Å². The van der Waals surface area contributed by atoms with Crippen LogP contribution < -0.4 is 0 Å². The lowest BCUT2D eigenvalue weighted by atomic mass is 9.98.